The third-order valence-electron chi connectivity index (χ3n) is 1.96. The number of rotatable bonds is 8. The van der Waals surface area contributed by atoms with E-state index in [1.165, 1.54) is 0 Å². The van der Waals surface area contributed by atoms with Gasteiger partial charge in [0.05, 0.1) is 0 Å². The largest absolute Gasteiger partial charge is 0.480 e. The molecule has 0 rings (SSSR count). The molecular weight excluding hydrogens is 212 g/mol. The second-order valence-electron chi connectivity index (χ2n) is 3.83. The second-order valence-corrected chi connectivity index (χ2v) is 3.83. The lowest BCUT2D eigenvalue weighted by molar-refractivity contribution is -0.142. The molecule has 6 heteroatoms. The first-order valence-corrected chi connectivity index (χ1v) is 5.33. The number of aliphatic carboxylic acids is 1. The predicted octanol–water partition coefficient (Wildman–Crippen LogP) is -0.674. The van der Waals surface area contributed by atoms with Crippen LogP contribution >= 0.6 is 0 Å². The van der Waals surface area contributed by atoms with E-state index >= 15 is 0 Å². The number of nitrogens with one attached hydrogen (secondary N) is 2. The maximum absolute atomic E-state index is 11.3. The van der Waals surface area contributed by atoms with Crippen molar-refractivity contribution in [2.24, 2.45) is 0 Å². The summed E-state index contributed by atoms with van der Waals surface area (Å²) in [7, 11) is 0. The Kier molecular flexibility index (Phi) is 7.49. The SMILES string of the molecule is CC(C)NCCC(=O)N[C@@H](CCO)C(=O)O. The molecule has 0 saturated carbocycles. The van der Waals surface area contributed by atoms with Gasteiger partial charge < -0.3 is 20.8 Å². The third kappa shape index (κ3) is 7.19. The number of aliphatic hydroxyl groups is 1. The van der Waals surface area contributed by atoms with E-state index in [9.17, 15) is 9.59 Å². The van der Waals surface area contributed by atoms with Gasteiger partial charge in [0, 0.05) is 32.0 Å². The Hall–Kier alpha value is -1.14. The highest BCUT2D eigenvalue weighted by Crippen LogP contribution is 1.92. The van der Waals surface area contributed by atoms with Crippen LogP contribution in [-0.4, -0.2) is 47.3 Å². The van der Waals surface area contributed by atoms with Crippen molar-refractivity contribution in [2.45, 2.75) is 38.8 Å². The molecule has 0 heterocycles. The smallest absolute Gasteiger partial charge is 0.326 e. The van der Waals surface area contributed by atoms with E-state index in [4.69, 9.17) is 10.2 Å². The maximum Gasteiger partial charge on any atom is 0.326 e. The molecule has 0 bridgehead atoms. The molecule has 1 amide bonds. The lowest BCUT2D eigenvalue weighted by Gasteiger charge is -2.13. The van der Waals surface area contributed by atoms with Gasteiger partial charge >= 0.3 is 5.97 Å². The Morgan fingerprint density at radius 2 is 1.94 bits per heavy atom. The summed E-state index contributed by atoms with van der Waals surface area (Å²) in [5, 5.41) is 22.8. The Labute approximate surface area is 95.0 Å². The van der Waals surface area contributed by atoms with Crippen molar-refractivity contribution in [1.29, 1.82) is 0 Å². The van der Waals surface area contributed by atoms with Crippen LogP contribution in [0.3, 0.4) is 0 Å². The number of carboxylic acids is 1. The Morgan fingerprint density at radius 3 is 2.38 bits per heavy atom. The van der Waals surface area contributed by atoms with Gasteiger partial charge in [-0.05, 0) is 0 Å². The van der Waals surface area contributed by atoms with Gasteiger partial charge in [0.2, 0.25) is 5.91 Å². The number of carbonyl (C=O) groups is 2. The van der Waals surface area contributed by atoms with Gasteiger partial charge in [0.25, 0.3) is 0 Å². The number of carboxylic acid groups (broad SMARTS) is 1. The van der Waals surface area contributed by atoms with E-state index in [2.05, 4.69) is 10.6 Å². The molecule has 0 aromatic heterocycles. The number of hydrogen-bond acceptors (Lipinski definition) is 4. The van der Waals surface area contributed by atoms with Crippen molar-refractivity contribution in [3.05, 3.63) is 0 Å². The molecule has 94 valence electrons. The topological polar surface area (TPSA) is 98.7 Å². The quantitative estimate of drug-likeness (QED) is 0.445. The van der Waals surface area contributed by atoms with E-state index in [0.29, 0.717) is 12.6 Å². The van der Waals surface area contributed by atoms with Crippen molar-refractivity contribution in [3.8, 4) is 0 Å². The van der Waals surface area contributed by atoms with Crippen LogP contribution in [-0.2, 0) is 9.59 Å². The van der Waals surface area contributed by atoms with Gasteiger partial charge in [-0.15, -0.1) is 0 Å². The molecule has 4 N–H and O–H groups in total. The van der Waals surface area contributed by atoms with Crippen LogP contribution in [0.5, 0.6) is 0 Å². The van der Waals surface area contributed by atoms with Gasteiger partial charge in [-0.1, -0.05) is 13.8 Å². The summed E-state index contributed by atoms with van der Waals surface area (Å²) >= 11 is 0. The Bertz CT molecular complexity index is 231. The monoisotopic (exact) mass is 232 g/mol. The van der Waals surface area contributed by atoms with Crippen molar-refractivity contribution < 1.29 is 19.8 Å². The zero-order chi connectivity index (χ0) is 12.6. The molecule has 0 aromatic carbocycles. The molecule has 0 saturated heterocycles. The van der Waals surface area contributed by atoms with E-state index in [0.717, 1.165) is 0 Å². The van der Waals surface area contributed by atoms with Crippen molar-refractivity contribution in [1.82, 2.24) is 10.6 Å². The van der Waals surface area contributed by atoms with Gasteiger partial charge in [0.15, 0.2) is 0 Å². The molecule has 6 nitrogen and oxygen atoms in total. The normalized spacial score (nSPS) is 12.5. The molecule has 0 aliphatic rings. The van der Waals surface area contributed by atoms with Crippen LogP contribution < -0.4 is 10.6 Å². The number of hydrogen-bond donors (Lipinski definition) is 4. The fraction of sp³-hybridized carbons (Fsp3) is 0.800. The molecule has 0 aliphatic heterocycles. The standard InChI is InChI=1S/C10H20N2O4/c1-7(2)11-5-3-9(14)12-8(4-6-13)10(15)16/h7-8,11,13H,3-6H2,1-2H3,(H,12,14)(H,15,16)/t8-/m0/s1. The van der Waals surface area contributed by atoms with Crippen molar-refractivity contribution in [3.63, 3.8) is 0 Å². The fourth-order valence-corrected chi connectivity index (χ4v) is 1.13. The van der Waals surface area contributed by atoms with Gasteiger partial charge in [-0.3, -0.25) is 4.79 Å². The second kappa shape index (κ2) is 8.06. The molecule has 0 radical (unpaired) electrons. The Morgan fingerprint density at radius 1 is 1.31 bits per heavy atom. The predicted molar refractivity (Wildman–Crippen MR) is 59.0 cm³/mol. The van der Waals surface area contributed by atoms with Crippen LogP contribution in [0.15, 0.2) is 0 Å². The van der Waals surface area contributed by atoms with E-state index in [1.54, 1.807) is 0 Å². The minimum atomic E-state index is -1.13. The van der Waals surface area contributed by atoms with Crippen LogP contribution in [0.2, 0.25) is 0 Å². The molecule has 1 atom stereocenters. The van der Waals surface area contributed by atoms with Crippen LogP contribution in [0.25, 0.3) is 0 Å². The highest BCUT2D eigenvalue weighted by molar-refractivity contribution is 5.83. The summed E-state index contributed by atoms with van der Waals surface area (Å²) in [5.41, 5.74) is 0. The summed E-state index contributed by atoms with van der Waals surface area (Å²) in [6, 6.07) is -0.711. The minimum Gasteiger partial charge on any atom is -0.480 e. The number of amides is 1. The van der Waals surface area contributed by atoms with E-state index in [1.807, 2.05) is 13.8 Å². The first-order chi connectivity index (χ1) is 7.47. The van der Waals surface area contributed by atoms with Crippen LogP contribution in [0.4, 0.5) is 0 Å². The lowest BCUT2D eigenvalue weighted by atomic mass is 10.2. The zero-order valence-electron chi connectivity index (χ0n) is 9.69. The van der Waals surface area contributed by atoms with Gasteiger partial charge in [0.1, 0.15) is 6.04 Å². The molecule has 0 unspecified atom stereocenters. The first-order valence-electron chi connectivity index (χ1n) is 5.33. The highest BCUT2D eigenvalue weighted by atomic mass is 16.4. The molecule has 0 aromatic rings. The van der Waals surface area contributed by atoms with Crippen LogP contribution in [0, 0.1) is 0 Å². The molecule has 0 fully saturated rings. The van der Waals surface area contributed by atoms with Gasteiger partial charge in [-0.25, -0.2) is 4.79 Å². The third-order valence-corrected chi connectivity index (χ3v) is 1.96. The Balaban J connectivity index is 3.86. The summed E-state index contributed by atoms with van der Waals surface area (Å²) < 4.78 is 0. The first kappa shape index (κ1) is 14.9. The maximum atomic E-state index is 11.3. The van der Waals surface area contributed by atoms with Gasteiger partial charge in [-0.2, -0.15) is 0 Å². The highest BCUT2D eigenvalue weighted by Gasteiger charge is 2.18. The molecule has 16 heavy (non-hydrogen) atoms. The number of aliphatic hydroxyl groups excluding tert-OH is 1. The fourth-order valence-electron chi connectivity index (χ4n) is 1.13. The average molecular weight is 232 g/mol. The number of carbonyl (C=O) groups excluding carboxylic acids is 1. The van der Waals surface area contributed by atoms with Crippen molar-refractivity contribution in [2.75, 3.05) is 13.2 Å². The molecule has 0 aliphatic carbocycles. The van der Waals surface area contributed by atoms with E-state index < -0.39 is 12.0 Å². The molecular formula is C10H20N2O4. The lowest BCUT2D eigenvalue weighted by Crippen LogP contribution is -2.42. The summed E-state index contributed by atoms with van der Waals surface area (Å²) in [6.07, 6.45) is 0.256. The summed E-state index contributed by atoms with van der Waals surface area (Å²) in [4.78, 5) is 22.0. The summed E-state index contributed by atoms with van der Waals surface area (Å²) in [6.45, 7) is 4.17. The molecule has 0 spiro atoms. The average Bonchev–Trinajstić information content (AvgIpc) is 2.16. The van der Waals surface area contributed by atoms with E-state index in [-0.39, 0.29) is 25.4 Å². The van der Waals surface area contributed by atoms with Crippen LogP contribution in [0.1, 0.15) is 26.7 Å². The zero-order valence-corrected chi connectivity index (χ0v) is 9.69. The van der Waals surface area contributed by atoms with Crippen molar-refractivity contribution >= 4 is 11.9 Å². The minimum absolute atomic E-state index is 0.0265. The summed E-state index contributed by atoms with van der Waals surface area (Å²) in [5.74, 6) is -1.45.